The molecule has 3 unspecified atom stereocenters. The van der Waals surface area contributed by atoms with Gasteiger partial charge in [-0.3, -0.25) is 4.79 Å². The maximum absolute atomic E-state index is 12.5. The topological polar surface area (TPSA) is 58.4 Å². The van der Waals surface area contributed by atoms with Crippen molar-refractivity contribution in [1.29, 1.82) is 0 Å². The van der Waals surface area contributed by atoms with E-state index >= 15 is 0 Å². The molecule has 0 aromatic rings. The van der Waals surface area contributed by atoms with Crippen LogP contribution in [0.2, 0.25) is 0 Å². The van der Waals surface area contributed by atoms with Gasteiger partial charge in [0.1, 0.15) is 0 Å². The Labute approximate surface area is 123 Å². The van der Waals surface area contributed by atoms with Crippen LogP contribution in [0.1, 0.15) is 51.9 Å². The maximum atomic E-state index is 12.5. The van der Waals surface area contributed by atoms with Gasteiger partial charge in [0.15, 0.2) is 0 Å². The standard InChI is InChI=1S/C16H31N3O/c1-12-6-7-14(17)13(10-12)15(20)18-11-16(19(2)3)8-4-5-9-16/h12-14H,4-11,17H2,1-3H3,(H,18,20). The molecule has 20 heavy (non-hydrogen) atoms. The number of nitrogens with zero attached hydrogens (tertiary/aromatic N) is 1. The number of nitrogens with two attached hydrogens (primary N) is 1. The Morgan fingerprint density at radius 2 is 1.95 bits per heavy atom. The Balaban J connectivity index is 1.90. The Bertz CT molecular complexity index is 337. The van der Waals surface area contributed by atoms with Crippen LogP contribution >= 0.6 is 0 Å². The molecule has 0 heterocycles. The fraction of sp³-hybridized carbons (Fsp3) is 0.938. The smallest absolute Gasteiger partial charge is 0.224 e. The molecule has 0 aromatic carbocycles. The van der Waals surface area contributed by atoms with E-state index in [1.807, 2.05) is 0 Å². The maximum Gasteiger partial charge on any atom is 0.224 e. The molecule has 0 spiro atoms. The fourth-order valence-corrected chi connectivity index (χ4v) is 3.90. The normalized spacial score (nSPS) is 33.4. The summed E-state index contributed by atoms with van der Waals surface area (Å²) in [7, 11) is 4.26. The number of likely N-dealkylation sites (N-methyl/N-ethyl adjacent to an activating group) is 1. The Morgan fingerprint density at radius 3 is 2.55 bits per heavy atom. The highest BCUT2D eigenvalue weighted by molar-refractivity contribution is 5.79. The van der Waals surface area contributed by atoms with Crippen LogP contribution in [-0.4, -0.2) is 43.0 Å². The van der Waals surface area contributed by atoms with E-state index in [0.29, 0.717) is 5.92 Å². The van der Waals surface area contributed by atoms with E-state index in [1.54, 1.807) is 0 Å². The van der Waals surface area contributed by atoms with Crippen LogP contribution in [0.4, 0.5) is 0 Å². The molecule has 1 amide bonds. The average molecular weight is 281 g/mol. The molecule has 2 aliphatic rings. The number of hydrogen-bond acceptors (Lipinski definition) is 3. The fourth-order valence-electron chi connectivity index (χ4n) is 3.90. The van der Waals surface area contributed by atoms with Gasteiger partial charge >= 0.3 is 0 Å². The van der Waals surface area contributed by atoms with E-state index < -0.39 is 0 Å². The SMILES string of the molecule is CC1CCC(N)C(C(=O)NCC2(N(C)C)CCCC2)C1. The zero-order valence-corrected chi connectivity index (χ0v) is 13.3. The predicted octanol–water partition coefficient (Wildman–Crippen LogP) is 1.74. The molecule has 2 rings (SSSR count). The lowest BCUT2D eigenvalue weighted by molar-refractivity contribution is -0.127. The zero-order chi connectivity index (χ0) is 14.8. The van der Waals surface area contributed by atoms with Crippen LogP contribution in [0.15, 0.2) is 0 Å². The second-order valence-corrected chi connectivity index (χ2v) is 7.23. The lowest BCUT2D eigenvalue weighted by Gasteiger charge is -2.38. The molecule has 0 bridgehead atoms. The third kappa shape index (κ3) is 3.34. The largest absolute Gasteiger partial charge is 0.354 e. The molecular weight excluding hydrogens is 250 g/mol. The summed E-state index contributed by atoms with van der Waals surface area (Å²) in [6, 6.07) is 0.0464. The van der Waals surface area contributed by atoms with E-state index in [2.05, 4.69) is 31.2 Å². The number of carbonyl (C=O) groups is 1. The van der Waals surface area contributed by atoms with Gasteiger partial charge in [0.25, 0.3) is 0 Å². The predicted molar refractivity (Wildman–Crippen MR) is 82.4 cm³/mol. The van der Waals surface area contributed by atoms with Crippen molar-refractivity contribution in [3.63, 3.8) is 0 Å². The molecule has 0 radical (unpaired) electrons. The molecule has 116 valence electrons. The van der Waals surface area contributed by atoms with Gasteiger partial charge in [0.05, 0.1) is 5.92 Å². The van der Waals surface area contributed by atoms with Gasteiger partial charge in [-0.15, -0.1) is 0 Å². The molecule has 2 saturated carbocycles. The van der Waals surface area contributed by atoms with Crippen LogP contribution in [0.25, 0.3) is 0 Å². The highest BCUT2D eigenvalue weighted by Crippen LogP contribution is 2.33. The lowest BCUT2D eigenvalue weighted by Crippen LogP contribution is -2.53. The first-order valence-electron chi connectivity index (χ1n) is 8.15. The van der Waals surface area contributed by atoms with Crippen molar-refractivity contribution in [2.75, 3.05) is 20.6 Å². The van der Waals surface area contributed by atoms with Crippen molar-refractivity contribution in [2.45, 2.75) is 63.5 Å². The van der Waals surface area contributed by atoms with E-state index in [-0.39, 0.29) is 23.4 Å². The van der Waals surface area contributed by atoms with Crippen molar-refractivity contribution in [1.82, 2.24) is 10.2 Å². The average Bonchev–Trinajstić information content (AvgIpc) is 2.89. The molecule has 2 fully saturated rings. The zero-order valence-electron chi connectivity index (χ0n) is 13.3. The summed E-state index contributed by atoms with van der Waals surface area (Å²) in [5.74, 6) is 0.816. The summed E-state index contributed by atoms with van der Waals surface area (Å²) in [6.45, 7) is 3.00. The minimum Gasteiger partial charge on any atom is -0.354 e. The van der Waals surface area contributed by atoms with Crippen molar-refractivity contribution in [2.24, 2.45) is 17.6 Å². The molecule has 3 N–H and O–H groups in total. The van der Waals surface area contributed by atoms with Gasteiger partial charge in [0.2, 0.25) is 5.91 Å². The summed E-state index contributed by atoms with van der Waals surface area (Å²) in [5.41, 5.74) is 6.31. The van der Waals surface area contributed by atoms with Crippen molar-refractivity contribution < 1.29 is 4.79 Å². The number of carbonyl (C=O) groups excluding carboxylic acids is 1. The first kappa shape index (κ1) is 15.8. The third-order valence-electron chi connectivity index (χ3n) is 5.58. The minimum absolute atomic E-state index is 0.0133. The Morgan fingerprint density at radius 1 is 1.30 bits per heavy atom. The number of amides is 1. The van der Waals surface area contributed by atoms with Crippen LogP contribution in [-0.2, 0) is 4.79 Å². The van der Waals surface area contributed by atoms with E-state index in [0.717, 1.165) is 25.8 Å². The second-order valence-electron chi connectivity index (χ2n) is 7.23. The van der Waals surface area contributed by atoms with Crippen LogP contribution in [0.3, 0.4) is 0 Å². The number of hydrogen-bond donors (Lipinski definition) is 2. The van der Waals surface area contributed by atoms with Gasteiger partial charge < -0.3 is 16.0 Å². The van der Waals surface area contributed by atoms with Crippen molar-refractivity contribution in [3.8, 4) is 0 Å². The van der Waals surface area contributed by atoms with E-state index in [1.165, 1.54) is 25.7 Å². The molecule has 4 heteroatoms. The molecule has 0 aromatic heterocycles. The van der Waals surface area contributed by atoms with Crippen LogP contribution in [0, 0.1) is 11.8 Å². The van der Waals surface area contributed by atoms with Gasteiger partial charge in [0, 0.05) is 18.1 Å². The summed E-state index contributed by atoms with van der Waals surface area (Å²) in [5, 5.41) is 3.21. The first-order chi connectivity index (χ1) is 9.44. The highest BCUT2D eigenvalue weighted by Gasteiger charge is 2.38. The number of rotatable bonds is 4. The van der Waals surface area contributed by atoms with E-state index in [9.17, 15) is 4.79 Å². The quantitative estimate of drug-likeness (QED) is 0.825. The summed E-state index contributed by atoms with van der Waals surface area (Å²) in [4.78, 5) is 14.8. The molecule has 3 atom stereocenters. The van der Waals surface area contributed by atoms with Gasteiger partial charge in [-0.1, -0.05) is 19.8 Å². The third-order valence-corrected chi connectivity index (χ3v) is 5.58. The monoisotopic (exact) mass is 281 g/mol. The molecule has 2 aliphatic carbocycles. The molecule has 4 nitrogen and oxygen atoms in total. The molecule has 0 saturated heterocycles. The van der Waals surface area contributed by atoms with Gasteiger partial charge in [-0.25, -0.2) is 0 Å². The summed E-state index contributed by atoms with van der Waals surface area (Å²) < 4.78 is 0. The Hall–Kier alpha value is -0.610. The van der Waals surface area contributed by atoms with Crippen LogP contribution in [0.5, 0.6) is 0 Å². The van der Waals surface area contributed by atoms with Crippen LogP contribution < -0.4 is 11.1 Å². The van der Waals surface area contributed by atoms with Gasteiger partial charge in [-0.05, 0) is 52.1 Å². The second kappa shape index (κ2) is 6.44. The first-order valence-corrected chi connectivity index (χ1v) is 8.15. The van der Waals surface area contributed by atoms with Crippen molar-refractivity contribution >= 4 is 5.91 Å². The van der Waals surface area contributed by atoms with Crippen molar-refractivity contribution in [3.05, 3.63) is 0 Å². The molecular formula is C16H31N3O. The molecule has 0 aliphatic heterocycles. The Kier molecular flexibility index (Phi) is 5.08. The van der Waals surface area contributed by atoms with E-state index in [4.69, 9.17) is 5.73 Å². The van der Waals surface area contributed by atoms with Gasteiger partial charge in [-0.2, -0.15) is 0 Å². The summed E-state index contributed by atoms with van der Waals surface area (Å²) >= 11 is 0. The lowest BCUT2D eigenvalue weighted by atomic mass is 9.78. The highest BCUT2D eigenvalue weighted by atomic mass is 16.1. The summed E-state index contributed by atoms with van der Waals surface area (Å²) in [6.07, 6.45) is 8.01. The number of nitrogens with one attached hydrogen (secondary N) is 1. The minimum atomic E-state index is 0.0133.